The summed E-state index contributed by atoms with van der Waals surface area (Å²) in [5, 5.41) is 23.5. The summed E-state index contributed by atoms with van der Waals surface area (Å²) in [6.07, 6.45) is 2.57. The van der Waals surface area contributed by atoms with E-state index in [1.165, 1.54) is 6.34 Å². The van der Waals surface area contributed by atoms with Gasteiger partial charge in [-0.3, -0.25) is 0 Å². The van der Waals surface area contributed by atoms with Gasteiger partial charge in [-0.1, -0.05) is 0 Å². The highest BCUT2D eigenvalue weighted by Gasteiger charge is 2.13. The molecule has 2 aliphatic heterocycles. The van der Waals surface area contributed by atoms with Crippen LogP contribution in [0.4, 0.5) is 0 Å². The molecule has 0 aliphatic carbocycles. The Balaban J connectivity index is 2.10. The van der Waals surface area contributed by atoms with Crippen LogP contribution in [0.1, 0.15) is 12.8 Å². The van der Waals surface area contributed by atoms with Gasteiger partial charge in [0.25, 0.3) is 0 Å². The largest absolute Gasteiger partial charge is 0.396 e. The fourth-order valence-corrected chi connectivity index (χ4v) is 0.999. The Kier molecular flexibility index (Phi) is 2.50. The number of aliphatic hydroxyl groups is 1. The Hall–Kier alpha value is -1.76. The lowest BCUT2D eigenvalue weighted by molar-refractivity contribution is 0.291. The lowest BCUT2D eigenvalue weighted by atomic mass is 10.3. The second-order valence-electron chi connectivity index (χ2n) is 2.66. The fraction of sp³-hybridized carbons (Fsp3) is 0.429. The summed E-state index contributed by atoms with van der Waals surface area (Å²) in [7, 11) is 0. The van der Waals surface area contributed by atoms with Crippen molar-refractivity contribution in [3.05, 3.63) is 11.6 Å². The van der Waals surface area contributed by atoms with Gasteiger partial charge in [-0.15, -0.1) is 20.5 Å². The van der Waals surface area contributed by atoms with E-state index >= 15 is 0 Å². The van der Waals surface area contributed by atoms with Gasteiger partial charge in [0.05, 0.1) is 0 Å². The molecule has 0 saturated heterocycles. The van der Waals surface area contributed by atoms with Crippen molar-refractivity contribution in [3.63, 3.8) is 0 Å². The molecule has 2 rings (SSSR count). The Labute approximate surface area is 79.7 Å². The zero-order chi connectivity index (χ0) is 9.80. The third kappa shape index (κ3) is 1.77. The minimum absolute atomic E-state index is 0.123. The second-order valence-corrected chi connectivity index (χ2v) is 2.66. The average Bonchev–Trinajstić information content (AvgIpc) is 2.85. The van der Waals surface area contributed by atoms with E-state index in [9.17, 15) is 0 Å². The lowest BCUT2D eigenvalue weighted by Crippen LogP contribution is -1.92. The van der Waals surface area contributed by atoms with Crippen molar-refractivity contribution in [2.45, 2.75) is 12.8 Å². The first-order chi connectivity index (χ1) is 6.90. The zero-order valence-corrected chi connectivity index (χ0v) is 7.33. The van der Waals surface area contributed by atoms with Gasteiger partial charge in [0.15, 0.2) is 5.84 Å². The minimum atomic E-state index is 0.123. The van der Waals surface area contributed by atoms with Crippen LogP contribution in [0.3, 0.4) is 0 Å². The molecule has 0 amide bonds. The molecule has 0 aromatic carbocycles. The predicted molar refractivity (Wildman–Crippen MR) is 49.0 cm³/mol. The van der Waals surface area contributed by atoms with Crippen LogP contribution in [-0.2, 0) is 0 Å². The highest BCUT2D eigenvalue weighted by molar-refractivity contribution is 5.85. The standard InChI is InChI=1S/C7H8N6O/c14-3-1-2-5-10-7(13-11-5)6-8-4-9-12-6/h4,14H,1-3H2. The van der Waals surface area contributed by atoms with E-state index in [0.717, 1.165) is 0 Å². The van der Waals surface area contributed by atoms with Gasteiger partial charge in [-0.2, -0.15) is 0 Å². The van der Waals surface area contributed by atoms with E-state index in [1.807, 2.05) is 0 Å². The first kappa shape index (κ1) is 8.82. The highest BCUT2D eigenvalue weighted by atomic mass is 16.2. The fourth-order valence-electron chi connectivity index (χ4n) is 0.999. The SMILES string of the molecule is OCCCC1=NC(=C2N=CN=N2)N=N1. The predicted octanol–water partition coefficient (Wildman–Crippen LogP) is 1.24. The lowest BCUT2D eigenvalue weighted by Gasteiger charge is -1.90. The first-order valence-corrected chi connectivity index (χ1v) is 4.18. The number of aliphatic hydroxyl groups excluding tert-OH is 1. The summed E-state index contributed by atoms with van der Waals surface area (Å²) in [6.45, 7) is 0.123. The van der Waals surface area contributed by atoms with Crippen molar-refractivity contribution in [1.82, 2.24) is 0 Å². The van der Waals surface area contributed by atoms with E-state index in [4.69, 9.17) is 5.11 Å². The van der Waals surface area contributed by atoms with Crippen molar-refractivity contribution < 1.29 is 5.11 Å². The van der Waals surface area contributed by atoms with Crippen molar-refractivity contribution >= 4 is 12.2 Å². The maximum absolute atomic E-state index is 8.61. The molecular formula is C7H8N6O. The van der Waals surface area contributed by atoms with Gasteiger partial charge in [-0.25, -0.2) is 9.98 Å². The molecule has 7 heteroatoms. The number of hydrogen-bond acceptors (Lipinski definition) is 7. The molecule has 14 heavy (non-hydrogen) atoms. The van der Waals surface area contributed by atoms with Crippen LogP contribution >= 0.6 is 0 Å². The Morgan fingerprint density at radius 2 is 2.07 bits per heavy atom. The highest BCUT2D eigenvalue weighted by Crippen LogP contribution is 2.20. The molecule has 0 radical (unpaired) electrons. The molecule has 7 nitrogen and oxygen atoms in total. The van der Waals surface area contributed by atoms with Gasteiger partial charge in [0, 0.05) is 13.0 Å². The van der Waals surface area contributed by atoms with Gasteiger partial charge < -0.3 is 5.11 Å². The van der Waals surface area contributed by atoms with Gasteiger partial charge in [-0.05, 0) is 6.42 Å². The number of nitrogens with zero attached hydrogens (tertiary/aromatic N) is 6. The summed E-state index contributed by atoms with van der Waals surface area (Å²) in [5.74, 6) is 1.36. The topological polar surface area (TPSA) is 94.4 Å². The van der Waals surface area contributed by atoms with E-state index < -0.39 is 0 Å². The van der Waals surface area contributed by atoms with E-state index in [-0.39, 0.29) is 6.61 Å². The molecule has 0 fully saturated rings. The summed E-state index contributed by atoms with van der Waals surface area (Å²) in [4.78, 5) is 7.94. The second kappa shape index (κ2) is 3.97. The van der Waals surface area contributed by atoms with Crippen LogP contribution in [0, 0.1) is 0 Å². The van der Waals surface area contributed by atoms with Crippen molar-refractivity contribution in [2.24, 2.45) is 30.4 Å². The van der Waals surface area contributed by atoms with E-state index in [1.54, 1.807) is 0 Å². The quantitative estimate of drug-likeness (QED) is 0.715. The maximum atomic E-state index is 8.61. The average molecular weight is 192 g/mol. The Morgan fingerprint density at radius 1 is 1.14 bits per heavy atom. The maximum Gasteiger partial charge on any atom is 0.223 e. The summed E-state index contributed by atoms with van der Waals surface area (Å²) in [5.41, 5.74) is 0. The molecule has 0 aromatic heterocycles. The van der Waals surface area contributed by atoms with Crippen LogP contribution in [0.5, 0.6) is 0 Å². The summed E-state index contributed by atoms with van der Waals surface area (Å²) in [6, 6.07) is 0. The third-order valence-electron chi connectivity index (χ3n) is 1.64. The molecule has 0 spiro atoms. The van der Waals surface area contributed by atoms with E-state index in [2.05, 4.69) is 30.4 Å². The van der Waals surface area contributed by atoms with Crippen LogP contribution < -0.4 is 0 Å². The number of hydrogen-bond donors (Lipinski definition) is 1. The monoisotopic (exact) mass is 192 g/mol. The smallest absolute Gasteiger partial charge is 0.223 e. The molecule has 2 aliphatic rings. The van der Waals surface area contributed by atoms with Crippen molar-refractivity contribution in [1.29, 1.82) is 0 Å². The molecule has 0 bridgehead atoms. The summed E-state index contributed by atoms with van der Waals surface area (Å²) >= 11 is 0. The Morgan fingerprint density at radius 3 is 2.79 bits per heavy atom. The number of amidine groups is 1. The van der Waals surface area contributed by atoms with Gasteiger partial charge in [0.2, 0.25) is 11.6 Å². The minimum Gasteiger partial charge on any atom is -0.396 e. The molecule has 0 atom stereocenters. The van der Waals surface area contributed by atoms with Crippen LogP contribution in [-0.4, -0.2) is 23.9 Å². The Bertz CT molecular complexity index is 364. The zero-order valence-electron chi connectivity index (χ0n) is 7.33. The van der Waals surface area contributed by atoms with Crippen LogP contribution in [0.25, 0.3) is 0 Å². The number of aliphatic imine (C=N–C) groups is 2. The number of rotatable bonds is 3. The van der Waals surface area contributed by atoms with Gasteiger partial charge in [0.1, 0.15) is 6.34 Å². The molecule has 0 saturated carbocycles. The molecule has 72 valence electrons. The molecule has 2 heterocycles. The van der Waals surface area contributed by atoms with E-state index in [0.29, 0.717) is 30.3 Å². The van der Waals surface area contributed by atoms with Crippen LogP contribution in [0.2, 0.25) is 0 Å². The van der Waals surface area contributed by atoms with Crippen LogP contribution in [0.15, 0.2) is 42.1 Å². The number of azo groups is 2. The first-order valence-electron chi connectivity index (χ1n) is 4.18. The van der Waals surface area contributed by atoms with Crippen molar-refractivity contribution in [2.75, 3.05) is 6.61 Å². The normalized spacial score (nSPS) is 23.6. The summed E-state index contributed by atoms with van der Waals surface area (Å²) < 4.78 is 0. The molecule has 0 aromatic rings. The van der Waals surface area contributed by atoms with Gasteiger partial charge >= 0.3 is 0 Å². The molecule has 0 unspecified atom stereocenters. The van der Waals surface area contributed by atoms with Crippen molar-refractivity contribution in [3.8, 4) is 0 Å². The molecular weight excluding hydrogens is 184 g/mol. The molecule has 1 N–H and O–H groups in total. The third-order valence-corrected chi connectivity index (χ3v) is 1.64.